The van der Waals surface area contributed by atoms with Crippen LogP contribution in [-0.4, -0.2) is 40.7 Å². The fraction of sp³-hybridized carbons (Fsp3) is 0.294. The van der Waals surface area contributed by atoms with Crippen LogP contribution in [0, 0.1) is 0 Å². The third-order valence-corrected chi connectivity index (χ3v) is 4.31. The number of rotatable bonds is 5. The standard InChI is InChI=1S/C17H17F2N5O/c18-17(19)25-14-4-2-1-3-13(14)24-8-6-11(9-24)23-16-12-5-7-20-15(12)21-10-22-16/h1-5,7,10-11,17H,6,8-9H2,(H2,20,21,22,23). The van der Waals surface area contributed by atoms with Crippen LogP contribution in [0.3, 0.4) is 0 Å². The van der Waals surface area contributed by atoms with Crippen LogP contribution in [0.2, 0.25) is 0 Å². The van der Waals surface area contributed by atoms with Gasteiger partial charge in [-0.1, -0.05) is 12.1 Å². The smallest absolute Gasteiger partial charge is 0.387 e. The highest BCUT2D eigenvalue weighted by Gasteiger charge is 2.26. The highest BCUT2D eigenvalue weighted by molar-refractivity contribution is 5.86. The summed E-state index contributed by atoms with van der Waals surface area (Å²) in [5.41, 5.74) is 1.46. The van der Waals surface area contributed by atoms with E-state index in [-0.39, 0.29) is 11.8 Å². The van der Waals surface area contributed by atoms with Gasteiger partial charge in [0.1, 0.15) is 23.5 Å². The summed E-state index contributed by atoms with van der Waals surface area (Å²) in [6.07, 6.45) is 4.21. The van der Waals surface area contributed by atoms with Gasteiger partial charge in [-0.05, 0) is 24.6 Å². The molecule has 0 amide bonds. The van der Waals surface area contributed by atoms with Gasteiger partial charge in [-0.2, -0.15) is 8.78 Å². The van der Waals surface area contributed by atoms with Crippen molar-refractivity contribution in [3.05, 3.63) is 42.9 Å². The van der Waals surface area contributed by atoms with E-state index in [0.717, 1.165) is 29.8 Å². The molecule has 3 aromatic rings. The Morgan fingerprint density at radius 2 is 2.12 bits per heavy atom. The van der Waals surface area contributed by atoms with E-state index < -0.39 is 6.61 Å². The second-order valence-electron chi connectivity index (χ2n) is 5.88. The van der Waals surface area contributed by atoms with E-state index in [9.17, 15) is 8.78 Å². The maximum Gasteiger partial charge on any atom is 0.387 e. The zero-order valence-electron chi connectivity index (χ0n) is 13.3. The topological polar surface area (TPSA) is 66.1 Å². The number of hydrogen-bond acceptors (Lipinski definition) is 5. The molecule has 0 bridgehead atoms. The van der Waals surface area contributed by atoms with Gasteiger partial charge < -0.3 is 19.9 Å². The van der Waals surface area contributed by atoms with E-state index in [1.165, 1.54) is 6.33 Å². The van der Waals surface area contributed by atoms with E-state index in [4.69, 9.17) is 0 Å². The molecule has 1 aromatic carbocycles. The van der Waals surface area contributed by atoms with Gasteiger partial charge in [-0.3, -0.25) is 0 Å². The number of aromatic amines is 1. The molecule has 130 valence electrons. The SMILES string of the molecule is FC(F)Oc1ccccc1N1CCC(Nc2ncnc3[nH]ccc23)C1. The van der Waals surface area contributed by atoms with Crippen LogP contribution in [0.1, 0.15) is 6.42 Å². The maximum absolute atomic E-state index is 12.6. The first kappa shape index (κ1) is 15.6. The summed E-state index contributed by atoms with van der Waals surface area (Å²) in [7, 11) is 0. The minimum absolute atomic E-state index is 0.160. The largest absolute Gasteiger partial charge is 0.433 e. The lowest BCUT2D eigenvalue weighted by Gasteiger charge is -2.22. The molecular formula is C17H17F2N5O. The van der Waals surface area contributed by atoms with E-state index in [0.29, 0.717) is 12.2 Å². The number of fused-ring (bicyclic) bond motifs is 1. The van der Waals surface area contributed by atoms with Crippen molar-refractivity contribution in [1.82, 2.24) is 15.0 Å². The van der Waals surface area contributed by atoms with E-state index in [2.05, 4.69) is 25.0 Å². The second kappa shape index (κ2) is 6.54. The second-order valence-corrected chi connectivity index (χ2v) is 5.88. The van der Waals surface area contributed by atoms with Crippen molar-refractivity contribution >= 4 is 22.5 Å². The Kier molecular flexibility index (Phi) is 4.09. The number of hydrogen-bond donors (Lipinski definition) is 2. The van der Waals surface area contributed by atoms with Crippen molar-refractivity contribution in [3.63, 3.8) is 0 Å². The monoisotopic (exact) mass is 345 g/mol. The van der Waals surface area contributed by atoms with Gasteiger partial charge in [0.25, 0.3) is 0 Å². The lowest BCUT2D eigenvalue weighted by atomic mass is 10.2. The zero-order chi connectivity index (χ0) is 17.2. The first-order valence-electron chi connectivity index (χ1n) is 8.04. The molecule has 1 fully saturated rings. The van der Waals surface area contributed by atoms with E-state index >= 15 is 0 Å². The summed E-state index contributed by atoms with van der Waals surface area (Å²) < 4.78 is 29.8. The normalized spacial score (nSPS) is 17.4. The van der Waals surface area contributed by atoms with Gasteiger partial charge in [-0.15, -0.1) is 0 Å². The van der Waals surface area contributed by atoms with Crippen molar-refractivity contribution < 1.29 is 13.5 Å². The van der Waals surface area contributed by atoms with Crippen LogP contribution in [0.5, 0.6) is 5.75 Å². The van der Waals surface area contributed by atoms with E-state index in [1.807, 2.05) is 23.2 Å². The van der Waals surface area contributed by atoms with Crippen LogP contribution in [-0.2, 0) is 0 Å². The molecule has 0 spiro atoms. The summed E-state index contributed by atoms with van der Waals surface area (Å²) in [5, 5.41) is 4.36. The average molecular weight is 345 g/mol. The van der Waals surface area contributed by atoms with Gasteiger partial charge in [-0.25, -0.2) is 9.97 Å². The first-order chi connectivity index (χ1) is 12.2. The third-order valence-electron chi connectivity index (χ3n) is 4.31. The average Bonchev–Trinajstić information content (AvgIpc) is 3.24. The molecule has 1 saturated heterocycles. The van der Waals surface area contributed by atoms with Crippen LogP contribution in [0.15, 0.2) is 42.9 Å². The van der Waals surface area contributed by atoms with Crippen molar-refractivity contribution in [2.24, 2.45) is 0 Å². The fourth-order valence-corrected chi connectivity index (χ4v) is 3.19. The zero-order valence-corrected chi connectivity index (χ0v) is 13.3. The van der Waals surface area contributed by atoms with Crippen molar-refractivity contribution in [2.75, 3.05) is 23.3 Å². The molecule has 4 rings (SSSR count). The number of para-hydroxylation sites is 2. The quantitative estimate of drug-likeness (QED) is 0.743. The molecule has 0 saturated carbocycles. The summed E-state index contributed by atoms with van der Waals surface area (Å²) in [6, 6.07) is 8.97. The van der Waals surface area contributed by atoms with Crippen LogP contribution >= 0.6 is 0 Å². The molecule has 1 unspecified atom stereocenters. The Balaban J connectivity index is 1.50. The van der Waals surface area contributed by atoms with Gasteiger partial charge in [0, 0.05) is 25.3 Å². The number of nitrogens with one attached hydrogen (secondary N) is 2. The minimum atomic E-state index is -2.83. The minimum Gasteiger partial charge on any atom is -0.433 e. The molecule has 0 radical (unpaired) electrons. The predicted molar refractivity (Wildman–Crippen MR) is 91.2 cm³/mol. The summed E-state index contributed by atoms with van der Waals surface area (Å²) in [4.78, 5) is 13.6. The summed E-state index contributed by atoms with van der Waals surface area (Å²) in [5.74, 6) is 0.975. The molecule has 8 heteroatoms. The van der Waals surface area contributed by atoms with Crippen molar-refractivity contribution in [2.45, 2.75) is 19.1 Å². The summed E-state index contributed by atoms with van der Waals surface area (Å²) >= 11 is 0. The number of alkyl halides is 2. The number of ether oxygens (including phenoxy) is 1. The third kappa shape index (κ3) is 3.19. The number of aromatic nitrogens is 3. The molecule has 2 aromatic heterocycles. The van der Waals surface area contributed by atoms with Gasteiger partial charge in [0.2, 0.25) is 0 Å². The molecular weight excluding hydrogens is 328 g/mol. The van der Waals surface area contributed by atoms with Crippen LogP contribution in [0.4, 0.5) is 20.3 Å². The molecule has 2 N–H and O–H groups in total. The lowest BCUT2D eigenvalue weighted by molar-refractivity contribution is -0.0495. The number of nitrogens with zero attached hydrogens (tertiary/aromatic N) is 3. The molecule has 1 aliphatic heterocycles. The molecule has 6 nitrogen and oxygen atoms in total. The van der Waals surface area contributed by atoms with E-state index in [1.54, 1.807) is 18.2 Å². The Morgan fingerprint density at radius 3 is 3.00 bits per heavy atom. The first-order valence-corrected chi connectivity index (χ1v) is 8.04. The van der Waals surface area contributed by atoms with Gasteiger partial charge in [0.05, 0.1) is 11.1 Å². The number of anilines is 2. The number of benzene rings is 1. The Labute approximate surface area is 142 Å². The predicted octanol–water partition coefficient (Wildman–Crippen LogP) is 3.25. The van der Waals surface area contributed by atoms with Gasteiger partial charge >= 0.3 is 6.61 Å². The molecule has 25 heavy (non-hydrogen) atoms. The number of halogens is 2. The Bertz CT molecular complexity index is 869. The van der Waals surface area contributed by atoms with Crippen LogP contribution in [0.25, 0.3) is 11.0 Å². The van der Waals surface area contributed by atoms with Gasteiger partial charge in [0.15, 0.2) is 0 Å². The van der Waals surface area contributed by atoms with Crippen molar-refractivity contribution in [3.8, 4) is 5.75 Å². The fourth-order valence-electron chi connectivity index (χ4n) is 3.19. The van der Waals surface area contributed by atoms with Crippen LogP contribution < -0.4 is 15.0 Å². The summed E-state index contributed by atoms with van der Waals surface area (Å²) in [6.45, 7) is -1.40. The Hall–Kier alpha value is -2.90. The molecule has 1 aliphatic rings. The molecule has 3 heterocycles. The number of H-pyrrole nitrogens is 1. The molecule has 1 atom stereocenters. The Morgan fingerprint density at radius 1 is 1.24 bits per heavy atom. The highest BCUT2D eigenvalue weighted by Crippen LogP contribution is 2.32. The molecule has 0 aliphatic carbocycles. The highest BCUT2D eigenvalue weighted by atomic mass is 19.3. The van der Waals surface area contributed by atoms with Crippen molar-refractivity contribution in [1.29, 1.82) is 0 Å². The lowest BCUT2D eigenvalue weighted by Crippen LogP contribution is -2.26. The maximum atomic E-state index is 12.6.